The van der Waals surface area contributed by atoms with Crippen LogP contribution in [0.5, 0.6) is 0 Å². The first-order valence-corrected chi connectivity index (χ1v) is 6.07. The van der Waals surface area contributed by atoms with Crippen LogP contribution in [0.25, 0.3) is 0 Å². The Bertz CT molecular complexity index is 438. The van der Waals surface area contributed by atoms with Crippen molar-refractivity contribution >= 4 is 23.4 Å². The minimum absolute atomic E-state index is 0.211. The van der Waals surface area contributed by atoms with Crippen LogP contribution < -0.4 is 10.8 Å². The molecule has 2 N–H and O–H groups in total. The summed E-state index contributed by atoms with van der Waals surface area (Å²) in [5.74, 6) is -1.32. The van der Waals surface area contributed by atoms with Gasteiger partial charge in [0.15, 0.2) is 0 Å². The maximum atomic E-state index is 11.6. The average Bonchev–Trinajstić information content (AvgIpc) is 2.37. The van der Waals surface area contributed by atoms with Gasteiger partial charge in [-0.25, -0.2) is 5.48 Å². The molecule has 1 saturated heterocycles. The predicted octanol–water partition coefficient (Wildman–Crippen LogP) is 0.588. The summed E-state index contributed by atoms with van der Waals surface area (Å²) in [6, 6.07) is 9.10. The molecule has 2 amide bonds. The zero-order valence-corrected chi connectivity index (χ0v) is 10.3. The number of hydrogen-bond donors (Lipinski definition) is 2. The third-order valence-corrected chi connectivity index (χ3v) is 3.05. The fraction of sp³-hybridized carbons (Fsp3) is 0.333. The molecule has 2 rings (SSSR count). The first-order valence-electron chi connectivity index (χ1n) is 5.54. The normalized spacial score (nSPS) is 21.9. The standard InChI is InChI=1S/C12H13ClN2O3/c13-6-9-10(11(16)14-9)12(17)15-18-7-8-4-2-1-3-5-8/h1-5,9-10H,6-7H2,(H,14,16)(H,15,17). The van der Waals surface area contributed by atoms with E-state index in [9.17, 15) is 9.59 Å². The van der Waals surface area contributed by atoms with Crippen molar-refractivity contribution in [2.75, 3.05) is 5.88 Å². The monoisotopic (exact) mass is 268 g/mol. The molecule has 0 bridgehead atoms. The molecule has 1 aliphatic rings. The van der Waals surface area contributed by atoms with E-state index in [2.05, 4.69) is 10.8 Å². The lowest BCUT2D eigenvalue weighted by Crippen LogP contribution is -2.64. The van der Waals surface area contributed by atoms with Crippen molar-refractivity contribution in [3.05, 3.63) is 35.9 Å². The van der Waals surface area contributed by atoms with Gasteiger partial charge < -0.3 is 5.32 Å². The molecule has 1 aromatic rings. The Labute approximate surface area is 109 Å². The van der Waals surface area contributed by atoms with Crippen LogP contribution in [0, 0.1) is 5.92 Å². The third-order valence-electron chi connectivity index (χ3n) is 2.72. The number of nitrogens with one attached hydrogen (secondary N) is 2. The van der Waals surface area contributed by atoms with Crippen molar-refractivity contribution in [1.82, 2.24) is 10.8 Å². The lowest BCUT2D eigenvalue weighted by molar-refractivity contribution is -0.151. The highest BCUT2D eigenvalue weighted by molar-refractivity contribution is 6.20. The van der Waals surface area contributed by atoms with Gasteiger partial charge in [-0.1, -0.05) is 30.3 Å². The summed E-state index contributed by atoms with van der Waals surface area (Å²) in [7, 11) is 0. The predicted molar refractivity (Wildman–Crippen MR) is 65.5 cm³/mol. The summed E-state index contributed by atoms with van der Waals surface area (Å²) in [4.78, 5) is 27.9. The zero-order valence-electron chi connectivity index (χ0n) is 9.56. The van der Waals surface area contributed by atoms with E-state index >= 15 is 0 Å². The van der Waals surface area contributed by atoms with E-state index in [-0.39, 0.29) is 24.4 Å². The topological polar surface area (TPSA) is 67.4 Å². The molecule has 1 aliphatic heterocycles. The Morgan fingerprint density at radius 3 is 2.72 bits per heavy atom. The van der Waals surface area contributed by atoms with E-state index in [4.69, 9.17) is 16.4 Å². The van der Waals surface area contributed by atoms with Crippen molar-refractivity contribution in [1.29, 1.82) is 0 Å². The van der Waals surface area contributed by atoms with Crippen molar-refractivity contribution in [3.63, 3.8) is 0 Å². The molecule has 0 aliphatic carbocycles. The average molecular weight is 269 g/mol. The number of carbonyl (C=O) groups excluding carboxylic acids is 2. The van der Waals surface area contributed by atoms with E-state index in [1.807, 2.05) is 30.3 Å². The molecule has 0 spiro atoms. The Kier molecular flexibility index (Phi) is 4.17. The molecule has 1 aromatic carbocycles. The molecule has 18 heavy (non-hydrogen) atoms. The fourth-order valence-corrected chi connectivity index (χ4v) is 1.96. The molecule has 0 radical (unpaired) electrons. The number of hydrogen-bond acceptors (Lipinski definition) is 3. The number of carbonyl (C=O) groups is 2. The van der Waals surface area contributed by atoms with E-state index < -0.39 is 11.8 Å². The number of amides is 2. The lowest BCUT2D eigenvalue weighted by atomic mass is 9.91. The van der Waals surface area contributed by atoms with Crippen LogP contribution in [-0.4, -0.2) is 23.7 Å². The number of benzene rings is 1. The molecular formula is C12H13ClN2O3. The first kappa shape index (κ1) is 12.9. The third kappa shape index (κ3) is 2.80. The minimum atomic E-state index is -0.752. The molecule has 96 valence electrons. The smallest absolute Gasteiger partial charge is 0.258 e. The molecule has 5 nitrogen and oxygen atoms in total. The van der Waals surface area contributed by atoms with Crippen LogP contribution in [0.1, 0.15) is 5.56 Å². The highest BCUT2D eigenvalue weighted by Crippen LogP contribution is 2.16. The molecule has 1 heterocycles. The Hall–Kier alpha value is -1.59. The largest absolute Gasteiger partial charge is 0.350 e. The maximum Gasteiger partial charge on any atom is 0.258 e. The van der Waals surface area contributed by atoms with Crippen LogP contribution in [0.3, 0.4) is 0 Å². The number of β-lactam (4-membered cyclic amide) rings is 1. The van der Waals surface area contributed by atoms with Gasteiger partial charge in [-0.2, -0.15) is 0 Å². The SMILES string of the molecule is O=C(NOCc1ccccc1)C1C(=O)NC1CCl. The molecule has 0 saturated carbocycles. The Morgan fingerprint density at radius 1 is 1.39 bits per heavy atom. The van der Waals surface area contributed by atoms with Gasteiger partial charge in [-0.15, -0.1) is 11.6 Å². The molecule has 1 fully saturated rings. The maximum absolute atomic E-state index is 11.6. The summed E-state index contributed by atoms with van der Waals surface area (Å²) in [5.41, 5.74) is 3.20. The van der Waals surface area contributed by atoms with E-state index in [0.717, 1.165) is 5.56 Å². The van der Waals surface area contributed by atoms with Gasteiger partial charge in [0, 0.05) is 5.88 Å². The van der Waals surface area contributed by atoms with Crippen LogP contribution in [0.4, 0.5) is 0 Å². The van der Waals surface area contributed by atoms with Crippen LogP contribution in [-0.2, 0) is 21.0 Å². The van der Waals surface area contributed by atoms with Gasteiger partial charge in [-0.3, -0.25) is 14.4 Å². The molecule has 6 heteroatoms. The van der Waals surface area contributed by atoms with E-state index in [0.29, 0.717) is 0 Å². The van der Waals surface area contributed by atoms with Crippen molar-refractivity contribution in [2.45, 2.75) is 12.6 Å². The fourth-order valence-electron chi connectivity index (χ4n) is 1.70. The Balaban J connectivity index is 1.77. The number of hydroxylamine groups is 1. The molecule has 2 unspecified atom stereocenters. The van der Waals surface area contributed by atoms with Crippen molar-refractivity contribution in [2.24, 2.45) is 5.92 Å². The highest BCUT2D eigenvalue weighted by atomic mass is 35.5. The van der Waals surface area contributed by atoms with Crippen LogP contribution in [0.2, 0.25) is 0 Å². The second kappa shape index (κ2) is 5.84. The minimum Gasteiger partial charge on any atom is -0.350 e. The summed E-state index contributed by atoms with van der Waals surface area (Å²) in [5, 5.41) is 2.54. The van der Waals surface area contributed by atoms with Gasteiger partial charge in [0.25, 0.3) is 5.91 Å². The molecule has 0 aromatic heterocycles. The molecule has 2 atom stereocenters. The summed E-state index contributed by atoms with van der Waals surface area (Å²) < 4.78 is 0. The van der Waals surface area contributed by atoms with Crippen LogP contribution in [0.15, 0.2) is 30.3 Å². The Morgan fingerprint density at radius 2 is 2.11 bits per heavy atom. The van der Waals surface area contributed by atoms with E-state index in [1.165, 1.54) is 0 Å². The summed E-state index contributed by atoms with van der Waals surface area (Å²) in [6.45, 7) is 0.256. The second-order valence-electron chi connectivity index (χ2n) is 3.99. The number of rotatable bonds is 5. The van der Waals surface area contributed by atoms with Gasteiger partial charge in [0.1, 0.15) is 5.92 Å². The van der Waals surface area contributed by atoms with Gasteiger partial charge in [0.05, 0.1) is 12.6 Å². The van der Waals surface area contributed by atoms with Gasteiger partial charge in [-0.05, 0) is 5.56 Å². The summed E-state index contributed by atoms with van der Waals surface area (Å²) in [6.07, 6.45) is 0. The number of alkyl halides is 1. The van der Waals surface area contributed by atoms with E-state index in [1.54, 1.807) is 0 Å². The first-order chi connectivity index (χ1) is 8.72. The zero-order chi connectivity index (χ0) is 13.0. The van der Waals surface area contributed by atoms with Gasteiger partial charge >= 0.3 is 0 Å². The summed E-state index contributed by atoms with van der Waals surface area (Å²) >= 11 is 5.60. The highest BCUT2D eigenvalue weighted by Gasteiger charge is 2.44. The lowest BCUT2D eigenvalue weighted by Gasteiger charge is -2.33. The quantitative estimate of drug-likeness (QED) is 0.355. The van der Waals surface area contributed by atoms with Crippen LogP contribution >= 0.6 is 11.6 Å². The van der Waals surface area contributed by atoms with Crippen molar-refractivity contribution in [3.8, 4) is 0 Å². The second-order valence-corrected chi connectivity index (χ2v) is 4.30. The number of halogens is 1. The molecular weight excluding hydrogens is 256 g/mol. The van der Waals surface area contributed by atoms with Gasteiger partial charge in [0.2, 0.25) is 5.91 Å². The van der Waals surface area contributed by atoms with Crippen molar-refractivity contribution < 1.29 is 14.4 Å².